The number of hydrogen-bond donors (Lipinski definition) is 1. The molecule has 0 spiro atoms. The zero-order valence-electron chi connectivity index (χ0n) is 12.9. The van der Waals surface area contributed by atoms with Crippen LogP contribution >= 0.6 is 11.3 Å². The van der Waals surface area contributed by atoms with Crippen LogP contribution in [0.2, 0.25) is 0 Å². The molecule has 1 N–H and O–H groups in total. The van der Waals surface area contributed by atoms with E-state index in [9.17, 15) is 4.79 Å². The average molecular weight is 316 g/mol. The van der Waals surface area contributed by atoms with Crippen molar-refractivity contribution in [3.63, 3.8) is 0 Å². The van der Waals surface area contributed by atoms with Crippen molar-refractivity contribution in [3.05, 3.63) is 51.0 Å². The van der Waals surface area contributed by atoms with Crippen molar-refractivity contribution in [2.75, 3.05) is 6.54 Å². The van der Waals surface area contributed by atoms with Crippen LogP contribution in [-0.4, -0.2) is 27.5 Å². The molecule has 22 heavy (non-hydrogen) atoms. The third-order valence-electron chi connectivity index (χ3n) is 3.90. The summed E-state index contributed by atoms with van der Waals surface area (Å²) in [6.07, 6.45) is 0.983. The lowest BCUT2D eigenvalue weighted by atomic mass is 10.1. The molecule has 3 rings (SSSR count). The van der Waals surface area contributed by atoms with E-state index >= 15 is 0 Å². The van der Waals surface area contributed by atoms with Crippen LogP contribution in [0.1, 0.15) is 51.3 Å². The second kappa shape index (κ2) is 6.18. The Morgan fingerprint density at radius 1 is 1.45 bits per heavy atom. The maximum absolute atomic E-state index is 11.1. The molecule has 0 amide bonds. The van der Waals surface area contributed by atoms with Crippen LogP contribution < -0.4 is 0 Å². The van der Waals surface area contributed by atoms with E-state index in [1.54, 1.807) is 12.1 Å². The molecule has 1 aliphatic rings. The molecule has 1 aromatic heterocycles. The molecule has 0 bridgehead atoms. The first-order valence-electron chi connectivity index (χ1n) is 7.56. The Morgan fingerprint density at radius 3 is 3.00 bits per heavy atom. The van der Waals surface area contributed by atoms with E-state index in [1.807, 2.05) is 23.5 Å². The zero-order chi connectivity index (χ0) is 15.7. The van der Waals surface area contributed by atoms with Gasteiger partial charge in [-0.3, -0.25) is 4.90 Å². The summed E-state index contributed by atoms with van der Waals surface area (Å²) >= 11 is 1.82. The number of carboxylic acid groups (broad SMARTS) is 1. The fraction of sp³-hybridized carbons (Fsp3) is 0.412. The Labute approximate surface area is 134 Å². The summed E-state index contributed by atoms with van der Waals surface area (Å²) in [5.74, 6) is -0.386. The van der Waals surface area contributed by atoms with Gasteiger partial charge in [-0.25, -0.2) is 9.78 Å². The minimum absolute atomic E-state index is 0.357. The summed E-state index contributed by atoms with van der Waals surface area (Å²) in [6, 6.07) is 7.22. The minimum Gasteiger partial charge on any atom is -0.478 e. The molecule has 4 nitrogen and oxygen atoms in total. The second-order valence-electron chi connectivity index (χ2n) is 6.04. The molecule has 0 saturated carbocycles. The lowest BCUT2D eigenvalue weighted by Crippen LogP contribution is -2.29. The number of aromatic nitrogens is 1. The van der Waals surface area contributed by atoms with Crippen LogP contribution in [0, 0.1) is 0 Å². The Bertz CT molecular complexity index is 694. The molecule has 5 heteroatoms. The number of rotatable bonds is 4. The van der Waals surface area contributed by atoms with Crippen LogP contribution in [0.15, 0.2) is 24.3 Å². The summed E-state index contributed by atoms with van der Waals surface area (Å²) in [7, 11) is 0. The van der Waals surface area contributed by atoms with Gasteiger partial charge in [0, 0.05) is 36.9 Å². The van der Waals surface area contributed by atoms with Gasteiger partial charge in [0.2, 0.25) is 0 Å². The van der Waals surface area contributed by atoms with Crippen LogP contribution in [0.25, 0.3) is 0 Å². The Balaban J connectivity index is 1.72. The van der Waals surface area contributed by atoms with E-state index in [4.69, 9.17) is 10.1 Å². The summed E-state index contributed by atoms with van der Waals surface area (Å²) in [5, 5.41) is 10.3. The normalized spacial score (nSPS) is 15.0. The number of hydrogen-bond acceptors (Lipinski definition) is 4. The third kappa shape index (κ3) is 3.20. The van der Waals surface area contributed by atoms with E-state index in [-0.39, 0.29) is 0 Å². The van der Waals surface area contributed by atoms with Gasteiger partial charge in [-0.2, -0.15) is 0 Å². The van der Waals surface area contributed by atoms with Crippen molar-refractivity contribution >= 4 is 17.3 Å². The summed E-state index contributed by atoms with van der Waals surface area (Å²) < 4.78 is 0. The molecule has 1 aromatic carbocycles. The highest BCUT2D eigenvalue weighted by Crippen LogP contribution is 2.29. The molecule has 1 aliphatic heterocycles. The second-order valence-corrected chi connectivity index (χ2v) is 7.16. The van der Waals surface area contributed by atoms with Crippen molar-refractivity contribution in [3.8, 4) is 0 Å². The predicted molar refractivity (Wildman–Crippen MR) is 87.4 cm³/mol. The number of fused-ring (bicyclic) bond motifs is 1. The van der Waals surface area contributed by atoms with Crippen molar-refractivity contribution < 1.29 is 9.90 Å². The van der Waals surface area contributed by atoms with Gasteiger partial charge in [0.25, 0.3) is 0 Å². The Morgan fingerprint density at radius 2 is 2.27 bits per heavy atom. The molecule has 0 unspecified atom stereocenters. The van der Waals surface area contributed by atoms with E-state index in [2.05, 4.69) is 18.7 Å². The predicted octanol–water partition coefficient (Wildman–Crippen LogP) is 3.52. The smallest absolute Gasteiger partial charge is 0.335 e. The van der Waals surface area contributed by atoms with Crippen LogP contribution in [0.3, 0.4) is 0 Å². The van der Waals surface area contributed by atoms with Crippen LogP contribution in [-0.2, 0) is 19.5 Å². The zero-order valence-corrected chi connectivity index (χ0v) is 13.7. The van der Waals surface area contributed by atoms with Gasteiger partial charge in [0.05, 0.1) is 16.3 Å². The Kier molecular flexibility index (Phi) is 4.27. The summed E-state index contributed by atoms with van der Waals surface area (Å²) in [4.78, 5) is 19.5. The van der Waals surface area contributed by atoms with Gasteiger partial charge in [-0.05, 0) is 17.7 Å². The number of carboxylic acids is 1. The fourth-order valence-corrected chi connectivity index (χ4v) is 3.87. The molecule has 2 heterocycles. The lowest BCUT2D eigenvalue weighted by molar-refractivity contribution is 0.0696. The van der Waals surface area contributed by atoms with Gasteiger partial charge in [0.15, 0.2) is 0 Å². The number of aromatic carboxylic acids is 1. The van der Waals surface area contributed by atoms with E-state index in [1.165, 1.54) is 15.6 Å². The number of nitrogens with zero attached hydrogens (tertiary/aromatic N) is 2. The molecule has 2 aromatic rings. The van der Waals surface area contributed by atoms with Crippen molar-refractivity contribution in [1.29, 1.82) is 0 Å². The van der Waals surface area contributed by atoms with Gasteiger partial charge in [-0.1, -0.05) is 26.0 Å². The van der Waals surface area contributed by atoms with Gasteiger partial charge >= 0.3 is 5.97 Å². The van der Waals surface area contributed by atoms with E-state index in [0.717, 1.165) is 31.6 Å². The molecule has 0 saturated heterocycles. The van der Waals surface area contributed by atoms with Crippen molar-refractivity contribution in [2.45, 2.75) is 39.3 Å². The molecular weight excluding hydrogens is 296 g/mol. The SMILES string of the molecule is CC(C)c1nc2c(s1)CN(Cc1cccc(C(=O)O)c1)CC2. The summed E-state index contributed by atoms with van der Waals surface area (Å²) in [5.41, 5.74) is 2.66. The van der Waals surface area contributed by atoms with Crippen LogP contribution in [0.4, 0.5) is 0 Å². The maximum atomic E-state index is 11.1. The van der Waals surface area contributed by atoms with Gasteiger partial charge in [0.1, 0.15) is 0 Å². The van der Waals surface area contributed by atoms with Crippen molar-refractivity contribution in [2.24, 2.45) is 0 Å². The lowest BCUT2D eigenvalue weighted by Gasteiger charge is -2.26. The number of thiazole rings is 1. The largest absolute Gasteiger partial charge is 0.478 e. The molecular formula is C17H20N2O2S. The molecule has 0 radical (unpaired) electrons. The monoisotopic (exact) mass is 316 g/mol. The van der Waals surface area contributed by atoms with E-state index in [0.29, 0.717) is 11.5 Å². The molecule has 116 valence electrons. The molecule has 0 atom stereocenters. The first-order valence-corrected chi connectivity index (χ1v) is 8.37. The first kappa shape index (κ1) is 15.2. The molecule has 0 fully saturated rings. The van der Waals surface area contributed by atoms with Gasteiger partial charge < -0.3 is 5.11 Å². The number of carbonyl (C=O) groups is 1. The minimum atomic E-state index is -0.869. The van der Waals surface area contributed by atoms with E-state index < -0.39 is 5.97 Å². The van der Waals surface area contributed by atoms with Crippen molar-refractivity contribution in [1.82, 2.24) is 9.88 Å². The topological polar surface area (TPSA) is 53.4 Å². The number of benzene rings is 1. The summed E-state index contributed by atoms with van der Waals surface area (Å²) in [6.45, 7) is 7.04. The highest BCUT2D eigenvalue weighted by atomic mass is 32.1. The average Bonchev–Trinajstić information content (AvgIpc) is 2.91. The third-order valence-corrected chi connectivity index (χ3v) is 5.28. The van der Waals surface area contributed by atoms with Crippen LogP contribution in [0.5, 0.6) is 0 Å². The quantitative estimate of drug-likeness (QED) is 0.937. The Hall–Kier alpha value is -1.72. The highest BCUT2D eigenvalue weighted by molar-refractivity contribution is 7.11. The maximum Gasteiger partial charge on any atom is 0.335 e. The fourth-order valence-electron chi connectivity index (χ4n) is 2.71. The standard InChI is InChI=1S/C17H20N2O2S/c1-11(2)16-18-14-6-7-19(10-15(14)22-16)9-12-4-3-5-13(8-12)17(20)21/h3-5,8,11H,6-7,9-10H2,1-2H3,(H,20,21). The highest BCUT2D eigenvalue weighted by Gasteiger charge is 2.21. The van der Waals surface area contributed by atoms with Gasteiger partial charge in [-0.15, -0.1) is 11.3 Å². The molecule has 0 aliphatic carbocycles. The first-order chi connectivity index (χ1) is 10.5.